The molecule has 3 nitrogen and oxygen atoms in total. The highest BCUT2D eigenvalue weighted by Gasteiger charge is 2.35. The van der Waals surface area contributed by atoms with E-state index in [9.17, 15) is 9.18 Å². The van der Waals surface area contributed by atoms with Gasteiger partial charge in [0.2, 0.25) is 5.91 Å². The van der Waals surface area contributed by atoms with Crippen LogP contribution in [-0.2, 0) is 11.3 Å². The third kappa shape index (κ3) is 3.41. The van der Waals surface area contributed by atoms with Crippen LogP contribution in [0.2, 0.25) is 0 Å². The van der Waals surface area contributed by atoms with Crippen LogP contribution in [0.4, 0.5) is 4.39 Å². The molecule has 0 aromatic heterocycles. The van der Waals surface area contributed by atoms with E-state index < -0.39 is 18.1 Å². The van der Waals surface area contributed by atoms with Crippen LogP contribution in [0.1, 0.15) is 12.0 Å². The summed E-state index contributed by atoms with van der Waals surface area (Å²) in [6, 6.07) is 9.25. The highest BCUT2D eigenvalue weighted by Crippen LogP contribution is 2.22. The first-order valence-corrected chi connectivity index (χ1v) is 5.38. The van der Waals surface area contributed by atoms with E-state index in [0.29, 0.717) is 13.1 Å². The van der Waals surface area contributed by atoms with Gasteiger partial charge in [0.05, 0.1) is 6.04 Å². The maximum absolute atomic E-state index is 13.2. The summed E-state index contributed by atoms with van der Waals surface area (Å²) in [4.78, 5) is 13.0. The maximum atomic E-state index is 13.2. The Labute approximate surface area is 106 Å². The molecule has 0 radical (unpaired) electrons. The van der Waals surface area contributed by atoms with Gasteiger partial charge in [-0.2, -0.15) is 0 Å². The normalized spacial score (nSPS) is 24.3. The van der Waals surface area contributed by atoms with Crippen molar-refractivity contribution in [2.24, 2.45) is 5.73 Å². The third-order valence-corrected chi connectivity index (χ3v) is 2.91. The molecule has 1 aromatic carbocycles. The molecule has 1 aliphatic heterocycles. The number of benzene rings is 1. The van der Waals surface area contributed by atoms with Gasteiger partial charge < -0.3 is 5.73 Å². The SMILES string of the molecule is Cl.NC(=O)C1CC(F)CN1Cc1ccccc1. The molecule has 2 rings (SSSR count). The summed E-state index contributed by atoms with van der Waals surface area (Å²) in [6.45, 7) is 0.872. The largest absolute Gasteiger partial charge is 0.368 e. The predicted octanol–water partition coefficient (Wildman–Crippen LogP) is 1.51. The molecule has 2 N–H and O–H groups in total. The van der Waals surface area contributed by atoms with Gasteiger partial charge >= 0.3 is 0 Å². The fraction of sp³-hybridized carbons (Fsp3) is 0.417. The second-order valence-electron chi connectivity index (χ2n) is 4.17. The Morgan fingerprint density at radius 3 is 2.65 bits per heavy atom. The van der Waals surface area contributed by atoms with E-state index >= 15 is 0 Å². The van der Waals surface area contributed by atoms with Gasteiger partial charge in [-0.25, -0.2) is 4.39 Å². The zero-order valence-corrected chi connectivity index (χ0v) is 10.2. The Hall–Kier alpha value is -1.13. The van der Waals surface area contributed by atoms with Crippen LogP contribution in [0.25, 0.3) is 0 Å². The fourth-order valence-corrected chi connectivity index (χ4v) is 2.14. The number of alkyl halides is 1. The molecular formula is C12H16ClFN2O. The number of carbonyl (C=O) groups excluding carboxylic acids is 1. The minimum Gasteiger partial charge on any atom is -0.368 e. The second kappa shape index (κ2) is 5.98. The molecule has 94 valence electrons. The zero-order chi connectivity index (χ0) is 11.5. The van der Waals surface area contributed by atoms with Gasteiger partial charge in [-0.15, -0.1) is 12.4 Å². The van der Waals surface area contributed by atoms with Crippen molar-refractivity contribution < 1.29 is 9.18 Å². The molecular weight excluding hydrogens is 243 g/mol. The van der Waals surface area contributed by atoms with Crippen LogP contribution in [0.5, 0.6) is 0 Å². The molecule has 17 heavy (non-hydrogen) atoms. The maximum Gasteiger partial charge on any atom is 0.234 e. The van der Waals surface area contributed by atoms with Gasteiger partial charge in [-0.1, -0.05) is 30.3 Å². The minimum atomic E-state index is -0.943. The highest BCUT2D eigenvalue weighted by atomic mass is 35.5. The summed E-state index contributed by atoms with van der Waals surface area (Å²) in [5, 5.41) is 0. The number of likely N-dealkylation sites (tertiary alicyclic amines) is 1. The van der Waals surface area contributed by atoms with Gasteiger partial charge in [-0.05, 0) is 5.56 Å². The number of nitrogens with zero attached hydrogens (tertiary/aromatic N) is 1. The molecule has 0 spiro atoms. The number of rotatable bonds is 3. The van der Waals surface area contributed by atoms with E-state index in [4.69, 9.17) is 5.73 Å². The Bertz CT molecular complexity index is 374. The highest BCUT2D eigenvalue weighted by molar-refractivity contribution is 5.85. The third-order valence-electron chi connectivity index (χ3n) is 2.91. The molecule has 2 atom stereocenters. The van der Waals surface area contributed by atoms with Gasteiger partial charge in [0.1, 0.15) is 6.17 Å². The first-order chi connectivity index (χ1) is 7.66. The van der Waals surface area contributed by atoms with E-state index in [0.717, 1.165) is 5.56 Å². The van der Waals surface area contributed by atoms with Crippen molar-refractivity contribution in [3.63, 3.8) is 0 Å². The fourth-order valence-electron chi connectivity index (χ4n) is 2.14. The van der Waals surface area contributed by atoms with Crippen LogP contribution in [-0.4, -0.2) is 29.6 Å². The first-order valence-electron chi connectivity index (χ1n) is 5.38. The van der Waals surface area contributed by atoms with Crippen molar-refractivity contribution in [2.45, 2.75) is 25.2 Å². The predicted molar refractivity (Wildman–Crippen MR) is 66.6 cm³/mol. The van der Waals surface area contributed by atoms with Crippen molar-refractivity contribution in [1.29, 1.82) is 0 Å². The quantitative estimate of drug-likeness (QED) is 0.893. The number of nitrogens with two attached hydrogens (primary N) is 1. The van der Waals surface area contributed by atoms with Crippen molar-refractivity contribution in [1.82, 2.24) is 4.90 Å². The van der Waals surface area contributed by atoms with Crippen LogP contribution >= 0.6 is 12.4 Å². The van der Waals surface area contributed by atoms with Crippen LogP contribution in [0.15, 0.2) is 30.3 Å². The summed E-state index contributed by atoms with van der Waals surface area (Å²) in [6.07, 6.45) is -0.719. The van der Waals surface area contributed by atoms with Crippen LogP contribution in [0.3, 0.4) is 0 Å². The first kappa shape index (κ1) is 13.9. The molecule has 2 unspecified atom stereocenters. The number of hydrogen-bond acceptors (Lipinski definition) is 2. The zero-order valence-electron chi connectivity index (χ0n) is 9.38. The Kier molecular flexibility index (Phi) is 4.90. The molecule has 1 fully saturated rings. The topological polar surface area (TPSA) is 46.3 Å². The number of hydrogen-bond donors (Lipinski definition) is 1. The Balaban J connectivity index is 0.00000144. The van der Waals surface area contributed by atoms with E-state index in [2.05, 4.69) is 0 Å². The molecule has 0 bridgehead atoms. The van der Waals surface area contributed by atoms with Crippen molar-refractivity contribution in [2.75, 3.05) is 6.54 Å². The second-order valence-corrected chi connectivity index (χ2v) is 4.17. The lowest BCUT2D eigenvalue weighted by atomic mass is 10.1. The number of amides is 1. The summed E-state index contributed by atoms with van der Waals surface area (Å²) >= 11 is 0. The molecule has 1 aliphatic rings. The molecule has 0 saturated carbocycles. The van der Waals surface area contributed by atoms with Crippen molar-refractivity contribution in [3.8, 4) is 0 Å². The number of halogens is 2. The van der Waals surface area contributed by atoms with Crippen molar-refractivity contribution >= 4 is 18.3 Å². The Morgan fingerprint density at radius 1 is 1.41 bits per heavy atom. The Morgan fingerprint density at radius 2 is 2.06 bits per heavy atom. The van der Waals surface area contributed by atoms with E-state index in [-0.39, 0.29) is 18.8 Å². The average molecular weight is 259 g/mol. The van der Waals surface area contributed by atoms with Gasteiger partial charge in [0.15, 0.2) is 0 Å². The van der Waals surface area contributed by atoms with Gasteiger partial charge in [0.25, 0.3) is 0 Å². The lowest BCUT2D eigenvalue weighted by Gasteiger charge is -2.21. The van der Waals surface area contributed by atoms with Crippen LogP contribution in [0, 0.1) is 0 Å². The molecule has 5 heteroatoms. The molecule has 1 aromatic rings. The van der Waals surface area contributed by atoms with E-state index in [1.165, 1.54) is 0 Å². The number of primary amides is 1. The molecule has 1 saturated heterocycles. The summed E-state index contributed by atoms with van der Waals surface area (Å²) in [7, 11) is 0. The van der Waals surface area contributed by atoms with E-state index in [1.807, 2.05) is 35.2 Å². The van der Waals surface area contributed by atoms with Crippen molar-refractivity contribution in [3.05, 3.63) is 35.9 Å². The average Bonchev–Trinajstić information content (AvgIpc) is 2.61. The lowest BCUT2D eigenvalue weighted by molar-refractivity contribution is -0.122. The summed E-state index contributed by atoms with van der Waals surface area (Å²) < 4.78 is 13.2. The van der Waals surface area contributed by atoms with E-state index in [1.54, 1.807) is 0 Å². The summed E-state index contributed by atoms with van der Waals surface area (Å²) in [5.41, 5.74) is 6.33. The lowest BCUT2D eigenvalue weighted by Crippen LogP contribution is -2.39. The van der Waals surface area contributed by atoms with Crippen LogP contribution < -0.4 is 5.73 Å². The minimum absolute atomic E-state index is 0. The smallest absolute Gasteiger partial charge is 0.234 e. The summed E-state index contributed by atoms with van der Waals surface area (Å²) in [5.74, 6) is -0.434. The number of carbonyl (C=O) groups is 1. The monoisotopic (exact) mass is 258 g/mol. The van der Waals surface area contributed by atoms with Gasteiger partial charge in [0, 0.05) is 19.5 Å². The van der Waals surface area contributed by atoms with Gasteiger partial charge in [-0.3, -0.25) is 9.69 Å². The molecule has 1 amide bonds. The molecule has 1 heterocycles. The molecule has 0 aliphatic carbocycles. The standard InChI is InChI=1S/C12H15FN2O.ClH/c13-10-6-11(12(14)16)15(8-10)7-9-4-2-1-3-5-9;/h1-5,10-11H,6-8H2,(H2,14,16);1H.